The van der Waals surface area contributed by atoms with Crippen LogP contribution in [0.25, 0.3) is 5.69 Å². The third-order valence-electron chi connectivity index (χ3n) is 4.30. The number of nitrogens with one attached hydrogen (secondary N) is 2. The number of rotatable bonds is 9. The average molecular weight is 459 g/mol. The van der Waals surface area contributed by atoms with Gasteiger partial charge >= 0.3 is 5.97 Å². The number of anilines is 1. The molecule has 12 heteroatoms. The van der Waals surface area contributed by atoms with Gasteiger partial charge in [-0.15, -0.1) is 5.10 Å². The number of amides is 1. The monoisotopic (exact) mass is 459 g/mol. The fourth-order valence-electron chi connectivity index (χ4n) is 2.64. The standard InChI is InChI=1S/C20H21N5O6S/c1-30-12-11-21-32(28,29)17-9-3-14(4-10-17)19(26)22-15-5-7-16(8-6-15)25-13-18(23-24-25)20(27)31-2/h3-10,13,21H,11-12H2,1-2H3,(H,22,26). The Balaban J connectivity index is 1.64. The molecule has 2 aromatic carbocycles. The van der Waals surface area contributed by atoms with Crippen LogP contribution in [0.4, 0.5) is 5.69 Å². The lowest BCUT2D eigenvalue weighted by atomic mass is 10.2. The second-order valence-corrected chi connectivity index (χ2v) is 8.22. The molecule has 0 saturated carbocycles. The van der Waals surface area contributed by atoms with E-state index in [9.17, 15) is 18.0 Å². The highest BCUT2D eigenvalue weighted by atomic mass is 32.2. The van der Waals surface area contributed by atoms with Crippen LogP contribution in [0.3, 0.4) is 0 Å². The van der Waals surface area contributed by atoms with E-state index in [-0.39, 0.29) is 23.7 Å². The Morgan fingerprint density at radius 3 is 2.34 bits per heavy atom. The van der Waals surface area contributed by atoms with E-state index in [1.807, 2.05) is 0 Å². The first-order valence-corrected chi connectivity index (χ1v) is 10.8. The van der Waals surface area contributed by atoms with E-state index in [1.165, 1.54) is 49.4 Å². The fraction of sp³-hybridized carbons (Fsp3) is 0.200. The van der Waals surface area contributed by atoms with Crippen LogP contribution in [0.5, 0.6) is 0 Å². The first-order chi connectivity index (χ1) is 15.3. The van der Waals surface area contributed by atoms with Crippen LogP contribution in [0.1, 0.15) is 20.8 Å². The number of carbonyl (C=O) groups is 2. The molecule has 1 heterocycles. The van der Waals surface area contributed by atoms with E-state index in [4.69, 9.17) is 4.74 Å². The van der Waals surface area contributed by atoms with Crippen LogP contribution in [0, 0.1) is 0 Å². The quantitative estimate of drug-likeness (QED) is 0.359. The van der Waals surface area contributed by atoms with Crippen LogP contribution in [0.15, 0.2) is 59.6 Å². The van der Waals surface area contributed by atoms with Crippen LogP contribution < -0.4 is 10.0 Å². The minimum absolute atomic E-state index is 0.0497. The molecule has 0 saturated heterocycles. The fourth-order valence-corrected chi connectivity index (χ4v) is 3.65. The molecule has 0 unspecified atom stereocenters. The van der Waals surface area contributed by atoms with Gasteiger partial charge in [-0.1, -0.05) is 5.21 Å². The minimum atomic E-state index is -3.67. The lowest BCUT2D eigenvalue weighted by molar-refractivity contribution is 0.0593. The highest BCUT2D eigenvalue weighted by Crippen LogP contribution is 2.16. The third kappa shape index (κ3) is 5.55. The number of aromatic nitrogens is 3. The van der Waals surface area contributed by atoms with E-state index >= 15 is 0 Å². The van der Waals surface area contributed by atoms with Crippen molar-refractivity contribution in [2.45, 2.75) is 4.90 Å². The molecule has 32 heavy (non-hydrogen) atoms. The van der Waals surface area contributed by atoms with Gasteiger partial charge in [0.2, 0.25) is 10.0 Å². The molecule has 0 bridgehead atoms. The SMILES string of the molecule is COCCNS(=O)(=O)c1ccc(C(=O)Nc2ccc(-n3cc(C(=O)OC)nn3)cc2)cc1. The van der Waals surface area contributed by atoms with Crippen molar-refractivity contribution >= 4 is 27.6 Å². The Hall–Kier alpha value is -3.61. The summed E-state index contributed by atoms with van der Waals surface area (Å²) in [6.45, 7) is 0.400. The zero-order valence-corrected chi connectivity index (χ0v) is 18.1. The summed E-state index contributed by atoms with van der Waals surface area (Å²) in [5, 5.41) is 10.3. The predicted molar refractivity (Wildman–Crippen MR) is 114 cm³/mol. The first-order valence-electron chi connectivity index (χ1n) is 9.35. The molecule has 168 valence electrons. The Bertz CT molecular complexity index is 1190. The van der Waals surface area contributed by atoms with Crippen molar-refractivity contribution < 1.29 is 27.5 Å². The molecule has 11 nitrogen and oxygen atoms in total. The Kier molecular flexibility index (Phi) is 7.30. The van der Waals surface area contributed by atoms with E-state index in [2.05, 4.69) is 25.1 Å². The van der Waals surface area contributed by atoms with Crippen molar-refractivity contribution in [3.05, 3.63) is 66.0 Å². The molecule has 0 aliphatic heterocycles. The molecule has 1 aromatic heterocycles. The number of benzene rings is 2. The van der Waals surface area contributed by atoms with Gasteiger partial charge in [0, 0.05) is 24.9 Å². The van der Waals surface area contributed by atoms with E-state index < -0.39 is 21.9 Å². The minimum Gasteiger partial charge on any atom is -0.464 e. The Labute approximate surface area is 184 Å². The second-order valence-electron chi connectivity index (χ2n) is 6.46. The smallest absolute Gasteiger partial charge is 0.360 e. The molecule has 1 amide bonds. The zero-order valence-electron chi connectivity index (χ0n) is 17.3. The lowest BCUT2D eigenvalue weighted by Gasteiger charge is -2.09. The van der Waals surface area contributed by atoms with Gasteiger partial charge in [-0.3, -0.25) is 4.79 Å². The topological polar surface area (TPSA) is 142 Å². The maximum atomic E-state index is 12.5. The lowest BCUT2D eigenvalue weighted by Crippen LogP contribution is -2.27. The summed E-state index contributed by atoms with van der Waals surface area (Å²) in [5.74, 6) is -0.993. The number of esters is 1. The summed E-state index contributed by atoms with van der Waals surface area (Å²) >= 11 is 0. The van der Waals surface area contributed by atoms with Crippen LogP contribution in [0.2, 0.25) is 0 Å². The van der Waals surface area contributed by atoms with Gasteiger partial charge in [0.15, 0.2) is 5.69 Å². The molecular weight excluding hydrogens is 438 g/mol. The summed E-state index contributed by atoms with van der Waals surface area (Å²) in [7, 11) is -0.942. The number of methoxy groups -OCH3 is 2. The molecule has 3 rings (SSSR count). The van der Waals surface area contributed by atoms with Gasteiger partial charge in [0.05, 0.1) is 30.5 Å². The van der Waals surface area contributed by atoms with Crippen molar-refractivity contribution in [2.24, 2.45) is 0 Å². The van der Waals surface area contributed by atoms with Crippen molar-refractivity contribution in [2.75, 3.05) is 32.7 Å². The molecule has 0 radical (unpaired) electrons. The van der Waals surface area contributed by atoms with Gasteiger partial charge in [0.1, 0.15) is 0 Å². The van der Waals surface area contributed by atoms with Gasteiger partial charge in [0.25, 0.3) is 5.91 Å². The van der Waals surface area contributed by atoms with Gasteiger partial charge in [-0.2, -0.15) is 0 Å². The van der Waals surface area contributed by atoms with Crippen molar-refractivity contribution in [3.63, 3.8) is 0 Å². The van der Waals surface area contributed by atoms with Crippen LogP contribution in [-0.4, -0.2) is 62.7 Å². The zero-order chi connectivity index (χ0) is 23.1. The van der Waals surface area contributed by atoms with Gasteiger partial charge in [-0.05, 0) is 48.5 Å². The van der Waals surface area contributed by atoms with Crippen molar-refractivity contribution in [3.8, 4) is 5.69 Å². The van der Waals surface area contributed by atoms with Crippen molar-refractivity contribution in [1.29, 1.82) is 0 Å². The summed E-state index contributed by atoms with van der Waals surface area (Å²) < 4.78 is 37.6. The maximum Gasteiger partial charge on any atom is 0.360 e. The van der Waals surface area contributed by atoms with E-state index in [1.54, 1.807) is 24.3 Å². The number of carbonyl (C=O) groups excluding carboxylic acids is 2. The molecular formula is C20H21N5O6S. The summed E-state index contributed by atoms with van der Waals surface area (Å²) in [6, 6.07) is 12.3. The highest BCUT2D eigenvalue weighted by molar-refractivity contribution is 7.89. The molecule has 0 spiro atoms. The number of sulfonamides is 1. The summed E-state index contributed by atoms with van der Waals surface area (Å²) in [4.78, 5) is 24.0. The predicted octanol–water partition coefficient (Wildman–Crippen LogP) is 1.23. The normalized spacial score (nSPS) is 11.2. The van der Waals surface area contributed by atoms with Crippen molar-refractivity contribution in [1.82, 2.24) is 19.7 Å². The van der Waals surface area contributed by atoms with Gasteiger partial charge < -0.3 is 14.8 Å². The number of nitrogens with zero attached hydrogens (tertiary/aromatic N) is 3. The van der Waals surface area contributed by atoms with Crippen LogP contribution in [-0.2, 0) is 19.5 Å². The van der Waals surface area contributed by atoms with Gasteiger partial charge in [-0.25, -0.2) is 22.6 Å². The number of hydrogen-bond donors (Lipinski definition) is 2. The summed E-state index contributed by atoms with van der Waals surface area (Å²) in [5.41, 5.74) is 1.51. The molecule has 0 atom stereocenters. The largest absolute Gasteiger partial charge is 0.464 e. The molecule has 3 aromatic rings. The molecule has 0 fully saturated rings. The Morgan fingerprint density at radius 2 is 1.72 bits per heavy atom. The molecule has 0 aliphatic rings. The van der Waals surface area contributed by atoms with Crippen LogP contribution >= 0.6 is 0 Å². The third-order valence-corrected chi connectivity index (χ3v) is 5.78. The first kappa shape index (κ1) is 23.1. The highest BCUT2D eigenvalue weighted by Gasteiger charge is 2.15. The average Bonchev–Trinajstić information content (AvgIpc) is 3.29. The second kappa shape index (κ2) is 10.1. The Morgan fingerprint density at radius 1 is 1.03 bits per heavy atom. The molecule has 2 N–H and O–H groups in total. The number of ether oxygens (including phenoxy) is 2. The summed E-state index contributed by atoms with van der Waals surface area (Å²) in [6.07, 6.45) is 1.43. The number of hydrogen-bond acceptors (Lipinski definition) is 8. The van der Waals surface area contributed by atoms with E-state index in [0.717, 1.165) is 0 Å². The maximum absolute atomic E-state index is 12.5. The molecule has 0 aliphatic carbocycles. The van der Waals surface area contributed by atoms with E-state index in [0.29, 0.717) is 16.9 Å².